The van der Waals surface area contributed by atoms with E-state index in [0.717, 1.165) is 0 Å². The monoisotopic (exact) mass is 489 g/mol. The van der Waals surface area contributed by atoms with Crippen molar-refractivity contribution in [3.63, 3.8) is 0 Å². The molecular weight excluding hydrogens is 461 g/mol. The number of nitrogens with one attached hydrogen (secondary N) is 1. The minimum atomic E-state index is -4.95. The van der Waals surface area contributed by atoms with Crippen LogP contribution in [0.5, 0.6) is 17.4 Å². The lowest BCUT2D eigenvalue weighted by atomic mass is 9.94. The largest absolute Gasteiger partial charge is 0.526 e. The fourth-order valence-electron chi connectivity index (χ4n) is 3.59. The normalized spacial score (nSPS) is 13.8. The number of rotatable bonds is 8. The van der Waals surface area contributed by atoms with Crippen LogP contribution in [-0.4, -0.2) is 55.8 Å². The zero-order valence-electron chi connectivity index (χ0n) is 19.6. The van der Waals surface area contributed by atoms with Crippen molar-refractivity contribution in [2.75, 3.05) is 20.7 Å². The number of phosphoric acid groups is 1. The number of H-pyrrole nitrogens is 1. The number of hydrogen-bond acceptors (Lipinski definition) is 7. The average Bonchev–Trinajstić information content (AvgIpc) is 3.01. The topological polar surface area (TPSA) is 148 Å². The molecule has 0 saturated heterocycles. The number of aromatic amines is 1. The van der Waals surface area contributed by atoms with Gasteiger partial charge in [-0.3, -0.25) is 14.9 Å². The lowest BCUT2D eigenvalue weighted by Gasteiger charge is -2.20. The summed E-state index contributed by atoms with van der Waals surface area (Å²) >= 11 is 0. The molecule has 1 heterocycles. The third kappa shape index (κ3) is 5.23. The van der Waals surface area contributed by atoms with Crippen molar-refractivity contribution < 1.29 is 33.8 Å². The number of methoxy groups -OCH3 is 1. The molecule has 0 atom stereocenters. The zero-order chi connectivity index (χ0) is 25.2. The van der Waals surface area contributed by atoms with E-state index >= 15 is 0 Å². The van der Waals surface area contributed by atoms with E-state index in [1.807, 2.05) is 32.7 Å². The van der Waals surface area contributed by atoms with Crippen LogP contribution in [0.3, 0.4) is 0 Å². The highest BCUT2D eigenvalue weighted by Gasteiger charge is 2.28. The molecule has 0 unspecified atom stereocenters. The molecule has 1 aliphatic carbocycles. The van der Waals surface area contributed by atoms with Crippen molar-refractivity contribution >= 4 is 13.4 Å². The van der Waals surface area contributed by atoms with Gasteiger partial charge in [0.25, 0.3) is 5.88 Å². The predicted molar refractivity (Wildman–Crippen MR) is 127 cm³/mol. The first-order valence-electron chi connectivity index (χ1n) is 10.6. The van der Waals surface area contributed by atoms with Gasteiger partial charge in [0.15, 0.2) is 5.76 Å². The van der Waals surface area contributed by atoms with Crippen LogP contribution in [0.15, 0.2) is 29.7 Å². The Morgan fingerprint density at radius 1 is 1.26 bits per heavy atom. The summed E-state index contributed by atoms with van der Waals surface area (Å²) < 4.78 is 22.0. The molecule has 34 heavy (non-hydrogen) atoms. The second-order valence-corrected chi connectivity index (χ2v) is 9.19. The van der Waals surface area contributed by atoms with Crippen LogP contribution < -0.4 is 4.52 Å². The van der Waals surface area contributed by atoms with Gasteiger partial charge in [0, 0.05) is 31.6 Å². The summed E-state index contributed by atoms with van der Waals surface area (Å²) in [5.41, 5.74) is 2.55. The molecule has 182 valence electrons. The molecule has 0 saturated carbocycles. The smallest absolute Gasteiger partial charge is 0.508 e. The molecule has 11 heteroatoms. The number of aromatic nitrogens is 2. The van der Waals surface area contributed by atoms with Gasteiger partial charge in [-0.1, -0.05) is 19.8 Å². The molecule has 2 aromatic rings. The molecular formula is C23H28N3O7P. The van der Waals surface area contributed by atoms with Gasteiger partial charge in [0.05, 0.1) is 24.1 Å². The molecule has 0 aliphatic heterocycles. The Kier molecular flexibility index (Phi) is 7.32. The number of aromatic hydroxyl groups is 2. The summed E-state index contributed by atoms with van der Waals surface area (Å²) in [6, 6.07) is 2.82. The van der Waals surface area contributed by atoms with Crippen molar-refractivity contribution in [2.45, 2.75) is 33.1 Å². The van der Waals surface area contributed by atoms with Crippen molar-refractivity contribution in [2.24, 2.45) is 0 Å². The Labute approximate surface area is 197 Å². The van der Waals surface area contributed by atoms with Gasteiger partial charge in [0.1, 0.15) is 11.5 Å². The number of phosphoric ester groups is 1. The van der Waals surface area contributed by atoms with E-state index in [9.17, 15) is 24.6 Å². The van der Waals surface area contributed by atoms with Gasteiger partial charge in [-0.2, -0.15) is 0 Å². The van der Waals surface area contributed by atoms with Crippen LogP contribution in [0.2, 0.25) is 0 Å². The maximum absolute atomic E-state index is 11.7. The quantitative estimate of drug-likeness (QED) is 0.277. The first kappa shape index (κ1) is 25.2. The molecule has 3 rings (SSSR count). The Hall–Kier alpha value is -3.38. The van der Waals surface area contributed by atoms with E-state index in [2.05, 4.69) is 22.0 Å². The summed E-state index contributed by atoms with van der Waals surface area (Å²) in [7, 11) is -1.58. The lowest BCUT2D eigenvalue weighted by molar-refractivity contribution is 0.279. The van der Waals surface area contributed by atoms with Gasteiger partial charge in [-0.25, -0.2) is 4.57 Å². The molecule has 0 fully saturated rings. The number of allylic oxidation sites excluding steroid dienone is 3. The maximum atomic E-state index is 11.7. The van der Waals surface area contributed by atoms with Crippen LogP contribution in [-0.2, 0) is 9.30 Å². The van der Waals surface area contributed by atoms with E-state index in [4.69, 9.17) is 9.26 Å². The molecule has 10 nitrogen and oxygen atoms in total. The summed E-state index contributed by atoms with van der Waals surface area (Å²) in [6.45, 7) is 6.38. The number of nitrogens with zero attached hydrogens (tertiary/aromatic N) is 2. The second kappa shape index (κ2) is 9.85. The fourth-order valence-corrected chi connectivity index (χ4v) is 3.95. The predicted octanol–water partition coefficient (Wildman–Crippen LogP) is 3.68. The lowest BCUT2D eigenvalue weighted by Crippen LogP contribution is -2.18. The van der Waals surface area contributed by atoms with Crippen molar-refractivity contribution in [3.05, 3.63) is 40.8 Å². The summed E-state index contributed by atoms with van der Waals surface area (Å²) in [5, 5.41) is 27.6. The van der Waals surface area contributed by atoms with Crippen LogP contribution in [0, 0.1) is 11.8 Å². The number of phenols is 2. The zero-order valence-corrected chi connectivity index (χ0v) is 20.5. The summed E-state index contributed by atoms with van der Waals surface area (Å²) in [5.74, 6) is 5.70. The minimum Gasteiger partial charge on any atom is -0.508 e. The molecule has 0 radical (unpaired) electrons. The standard InChI is InChI=1S/C23H28N3O7P/c1-6-26(4)17-10-14(8-7-9-20(17)32-5)21-22(24-25-23(21)33-34(29,30)31)16-11-15(13(2)3)18(27)12-19(16)28/h10-13,27-28H,6,8H2,1-5H3,(H,24,25)(H2,29,30,31). The molecule has 5 N–H and O–H groups in total. The van der Waals surface area contributed by atoms with E-state index < -0.39 is 7.82 Å². The van der Waals surface area contributed by atoms with Gasteiger partial charge in [-0.15, -0.1) is 5.10 Å². The molecule has 0 amide bonds. The first-order valence-corrected chi connectivity index (χ1v) is 12.1. The molecule has 0 bridgehead atoms. The number of benzene rings is 1. The number of phenolic OH excluding ortho intramolecular Hbond substituents is 2. The van der Waals surface area contributed by atoms with Crippen LogP contribution in [0.1, 0.15) is 44.2 Å². The number of hydrogen-bond donors (Lipinski definition) is 5. The van der Waals surface area contributed by atoms with Gasteiger partial charge in [0.2, 0.25) is 0 Å². The molecule has 1 aromatic heterocycles. The fraction of sp³-hybridized carbons (Fsp3) is 0.348. The molecule has 1 aliphatic rings. The van der Waals surface area contributed by atoms with E-state index in [1.165, 1.54) is 13.2 Å². The third-order valence-electron chi connectivity index (χ3n) is 5.41. The Morgan fingerprint density at radius 3 is 2.56 bits per heavy atom. The molecule has 0 spiro atoms. The summed E-state index contributed by atoms with van der Waals surface area (Å²) in [6.07, 6.45) is 1.96. The van der Waals surface area contributed by atoms with Gasteiger partial charge >= 0.3 is 7.82 Å². The minimum absolute atomic E-state index is 0.0588. The Balaban J connectivity index is 2.31. The number of likely N-dealkylation sites (N-methyl/N-ethyl adjacent to an activating group) is 1. The SMILES string of the molecule is CCN(C)C1=C(OC)C#CCC(c2c(OP(=O)(O)O)n[nH]c2-c2cc(C(C)C)c(O)cc2O)=C1. The highest BCUT2D eigenvalue weighted by molar-refractivity contribution is 7.46. The van der Waals surface area contributed by atoms with E-state index in [-0.39, 0.29) is 46.5 Å². The van der Waals surface area contributed by atoms with E-state index in [1.54, 1.807) is 12.1 Å². The average molecular weight is 489 g/mol. The molecule has 1 aromatic carbocycles. The van der Waals surface area contributed by atoms with Crippen molar-refractivity contribution in [3.8, 4) is 40.5 Å². The van der Waals surface area contributed by atoms with Crippen molar-refractivity contribution in [1.82, 2.24) is 15.1 Å². The number of ether oxygens (including phenoxy) is 1. The van der Waals surface area contributed by atoms with E-state index in [0.29, 0.717) is 29.1 Å². The van der Waals surface area contributed by atoms with Crippen LogP contribution in [0.25, 0.3) is 16.8 Å². The van der Waals surface area contributed by atoms with Crippen LogP contribution in [0.4, 0.5) is 0 Å². The maximum Gasteiger partial charge on any atom is 0.526 e. The van der Waals surface area contributed by atoms with Crippen molar-refractivity contribution in [1.29, 1.82) is 0 Å². The Bertz CT molecular complexity index is 1260. The van der Waals surface area contributed by atoms with Crippen LogP contribution >= 0.6 is 7.82 Å². The second-order valence-electron chi connectivity index (χ2n) is 8.02. The third-order valence-corrected chi connectivity index (χ3v) is 5.82. The summed E-state index contributed by atoms with van der Waals surface area (Å²) in [4.78, 5) is 20.8. The highest BCUT2D eigenvalue weighted by atomic mass is 31.2. The first-order chi connectivity index (χ1) is 16.0. The highest BCUT2D eigenvalue weighted by Crippen LogP contribution is 2.46. The Morgan fingerprint density at radius 2 is 1.97 bits per heavy atom. The van der Waals surface area contributed by atoms with Gasteiger partial charge < -0.3 is 24.4 Å². The van der Waals surface area contributed by atoms with Gasteiger partial charge in [-0.05, 0) is 42.0 Å².